The smallest absolute Gasteiger partial charge is 0.127 e. The third-order valence-corrected chi connectivity index (χ3v) is 4.54. The van der Waals surface area contributed by atoms with Crippen LogP contribution in [0.4, 0.5) is 4.39 Å². The van der Waals surface area contributed by atoms with Gasteiger partial charge in [-0.05, 0) is 47.7 Å². The summed E-state index contributed by atoms with van der Waals surface area (Å²) >= 11 is 12.7. The molecule has 0 nitrogen and oxygen atoms in total. The molecule has 1 unspecified atom stereocenters. The SMILES string of the molecule is Fc1cc(Br)ccc1CC(CBr)c1ccc(Cl)cc1. The Morgan fingerprint density at radius 1 is 1.11 bits per heavy atom. The molecule has 2 rings (SSSR count). The van der Waals surface area contributed by atoms with Crippen LogP contribution in [0, 0.1) is 5.82 Å². The van der Waals surface area contributed by atoms with Crippen LogP contribution in [0.1, 0.15) is 17.0 Å². The molecule has 0 amide bonds. The molecule has 0 aliphatic heterocycles. The lowest BCUT2D eigenvalue weighted by Crippen LogP contribution is -2.06. The molecule has 1 atom stereocenters. The van der Waals surface area contributed by atoms with E-state index in [2.05, 4.69) is 31.9 Å². The van der Waals surface area contributed by atoms with Crippen molar-refractivity contribution in [1.82, 2.24) is 0 Å². The Labute approximate surface area is 134 Å². The summed E-state index contributed by atoms with van der Waals surface area (Å²) in [6, 6.07) is 12.9. The van der Waals surface area contributed by atoms with E-state index in [1.807, 2.05) is 36.4 Å². The number of benzene rings is 2. The van der Waals surface area contributed by atoms with Gasteiger partial charge in [0.2, 0.25) is 0 Å². The summed E-state index contributed by atoms with van der Waals surface area (Å²) in [5.41, 5.74) is 1.88. The van der Waals surface area contributed by atoms with Crippen LogP contribution >= 0.6 is 43.5 Å². The lowest BCUT2D eigenvalue weighted by Gasteiger charge is -2.15. The van der Waals surface area contributed by atoms with Gasteiger partial charge in [0.1, 0.15) is 5.82 Å². The molecule has 0 aliphatic rings. The van der Waals surface area contributed by atoms with E-state index >= 15 is 0 Å². The molecule has 0 heterocycles. The fourth-order valence-corrected chi connectivity index (χ4v) is 3.01. The van der Waals surface area contributed by atoms with Gasteiger partial charge in [0, 0.05) is 14.8 Å². The first kappa shape index (κ1) is 15.0. The Kier molecular flexibility index (Phi) is 5.43. The van der Waals surface area contributed by atoms with Gasteiger partial charge < -0.3 is 0 Å². The van der Waals surface area contributed by atoms with Crippen molar-refractivity contribution in [1.29, 1.82) is 0 Å². The van der Waals surface area contributed by atoms with Crippen molar-refractivity contribution in [3.8, 4) is 0 Å². The van der Waals surface area contributed by atoms with Gasteiger partial charge in [-0.3, -0.25) is 0 Å². The molecule has 2 aromatic rings. The summed E-state index contributed by atoms with van der Waals surface area (Å²) in [5.74, 6) is 0.0576. The van der Waals surface area contributed by atoms with Crippen LogP contribution in [0.25, 0.3) is 0 Å². The van der Waals surface area contributed by atoms with Crippen molar-refractivity contribution in [2.24, 2.45) is 0 Å². The van der Waals surface area contributed by atoms with Crippen molar-refractivity contribution < 1.29 is 4.39 Å². The standard InChI is InChI=1S/C15H12Br2ClF/c16-9-12(10-2-5-14(18)6-3-10)7-11-1-4-13(17)8-15(11)19/h1-6,8,12H,7,9H2. The highest BCUT2D eigenvalue weighted by Gasteiger charge is 2.13. The molecule has 2 aromatic carbocycles. The summed E-state index contributed by atoms with van der Waals surface area (Å²) in [6.07, 6.45) is 0.659. The van der Waals surface area contributed by atoms with Crippen LogP contribution in [0.3, 0.4) is 0 Å². The van der Waals surface area contributed by atoms with E-state index in [0.29, 0.717) is 11.4 Å². The van der Waals surface area contributed by atoms with Gasteiger partial charge in [-0.1, -0.05) is 61.7 Å². The van der Waals surface area contributed by atoms with E-state index in [0.717, 1.165) is 20.9 Å². The molecular formula is C15H12Br2ClF. The molecule has 0 aromatic heterocycles. The van der Waals surface area contributed by atoms with E-state index in [4.69, 9.17) is 11.6 Å². The predicted molar refractivity (Wildman–Crippen MR) is 85.8 cm³/mol. The molecule has 4 heteroatoms. The third kappa shape index (κ3) is 4.04. The largest absolute Gasteiger partial charge is 0.207 e. The zero-order valence-corrected chi connectivity index (χ0v) is 14.0. The number of hydrogen-bond acceptors (Lipinski definition) is 0. The van der Waals surface area contributed by atoms with E-state index in [9.17, 15) is 4.39 Å². The van der Waals surface area contributed by atoms with Gasteiger partial charge in [0.25, 0.3) is 0 Å². The Bertz CT molecular complexity index is 555. The molecule has 0 aliphatic carbocycles. The molecule has 0 bridgehead atoms. The lowest BCUT2D eigenvalue weighted by molar-refractivity contribution is 0.598. The summed E-state index contributed by atoms with van der Waals surface area (Å²) in [7, 11) is 0. The maximum atomic E-state index is 13.9. The highest BCUT2D eigenvalue weighted by Crippen LogP contribution is 2.26. The highest BCUT2D eigenvalue weighted by atomic mass is 79.9. The van der Waals surface area contributed by atoms with Crippen LogP contribution in [0.5, 0.6) is 0 Å². The fraction of sp³-hybridized carbons (Fsp3) is 0.200. The molecule has 0 spiro atoms. The van der Waals surface area contributed by atoms with Crippen LogP contribution in [-0.4, -0.2) is 5.33 Å². The molecule has 0 saturated heterocycles. The topological polar surface area (TPSA) is 0 Å². The summed E-state index contributed by atoms with van der Waals surface area (Å²) in [4.78, 5) is 0. The van der Waals surface area contributed by atoms with Gasteiger partial charge in [-0.2, -0.15) is 0 Å². The first-order valence-corrected chi connectivity index (χ1v) is 8.14. The first-order chi connectivity index (χ1) is 9.10. The van der Waals surface area contributed by atoms with E-state index in [1.54, 1.807) is 0 Å². The van der Waals surface area contributed by atoms with Crippen LogP contribution in [0.2, 0.25) is 5.02 Å². The average Bonchev–Trinajstić information content (AvgIpc) is 2.39. The number of hydrogen-bond donors (Lipinski definition) is 0. The molecular weight excluding hydrogens is 394 g/mol. The number of halogens is 4. The fourth-order valence-electron chi connectivity index (χ4n) is 1.95. The van der Waals surface area contributed by atoms with Crippen LogP contribution < -0.4 is 0 Å². The number of rotatable bonds is 4. The Balaban J connectivity index is 2.21. The summed E-state index contributed by atoms with van der Waals surface area (Å²) < 4.78 is 14.6. The van der Waals surface area contributed by atoms with Crippen LogP contribution in [0.15, 0.2) is 46.9 Å². The van der Waals surface area contributed by atoms with Crippen molar-refractivity contribution in [2.45, 2.75) is 12.3 Å². The van der Waals surface area contributed by atoms with E-state index in [-0.39, 0.29) is 11.7 Å². The molecule has 0 radical (unpaired) electrons. The zero-order chi connectivity index (χ0) is 13.8. The first-order valence-electron chi connectivity index (χ1n) is 5.85. The summed E-state index contributed by atoms with van der Waals surface area (Å²) in [6.45, 7) is 0. The second-order valence-corrected chi connectivity index (χ2v) is 6.34. The predicted octanol–water partition coefficient (Wildman–Crippen LogP) is 5.96. The van der Waals surface area contributed by atoms with Crippen molar-refractivity contribution in [2.75, 3.05) is 5.33 Å². The van der Waals surface area contributed by atoms with Gasteiger partial charge in [-0.15, -0.1) is 0 Å². The van der Waals surface area contributed by atoms with Crippen LogP contribution in [-0.2, 0) is 6.42 Å². The monoisotopic (exact) mass is 404 g/mol. The Morgan fingerprint density at radius 2 is 1.79 bits per heavy atom. The van der Waals surface area contributed by atoms with Crippen molar-refractivity contribution in [3.05, 3.63) is 68.9 Å². The second-order valence-electron chi connectivity index (χ2n) is 4.34. The van der Waals surface area contributed by atoms with Gasteiger partial charge in [0.15, 0.2) is 0 Å². The normalized spacial score (nSPS) is 12.4. The van der Waals surface area contributed by atoms with Gasteiger partial charge in [0.05, 0.1) is 0 Å². The Hall–Kier alpha value is -0.380. The minimum absolute atomic E-state index is 0.172. The van der Waals surface area contributed by atoms with E-state index < -0.39 is 0 Å². The Morgan fingerprint density at radius 3 is 2.37 bits per heavy atom. The van der Waals surface area contributed by atoms with Gasteiger partial charge >= 0.3 is 0 Å². The molecule has 0 saturated carbocycles. The molecule has 0 N–H and O–H groups in total. The maximum absolute atomic E-state index is 13.9. The average molecular weight is 407 g/mol. The molecule has 100 valence electrons. The highest BCUT2D eigenvalue weighted by molar-refractivity contribution is 9.10. The minimum Gasteiger partial charge on any atom is -0.207 e. The minimum atomic E-state index is -0.172. The van der Waals surface area contributed by atoms with Gasteiger partial charge in [-0.25, -0.2) is 4.39 Å². The second kappa shape index (κ2) is 6.87. The zero-order valence-electron chi connectivity index (χ0n) is 10.0. The van der Waals surface area contributed by atoms with E-state index in [1.165, 1.54) is 6.07 Å². The lowest BCUT2D eigenvalue weighted by atomic mass is 9.93. The maximum Gasteiger partial charge on any atom is 0.127 e. The summed E-state index contributed by atoms with van der Waals surface area (Å²) in [5, 5.41) is 1.50. The number of alkyl halides is 1. The molecule has 19 heavy (non-hydrogen) atoms. The van der Waals surface area contributed by atoms with Crippen molar-refractivity contribution >= 4 is 43.5 Å². The third-order valence-electron chi connectivity index (χ3n) is 3.01. The molecule has 0 fully saturated rings. The van der Waals surface area contributed by atoms with Crippen molar-refractivity contribution in [3.63, 3.8) is 0 Å². The quantitative estimate of drug-likeness (QED) is 0.550.